The van der Waals surface area contributed by atoms with Crippen molar-refractivity contribution in [3.8, 4) is 0 Å². The Kier molecular flexibility index (Phi) is 2.59. The molecular weight excluding hydrogens is 148 g/mol. The van der Waals surface area contributed by atoms with Gasteiger partial charge in [-0.1, -0.05) is 0 Å². The number of carboxylic acids is 1. The average molecular weight is 158 g/mol. The second-order valence-corrected chi connectivity index (χ2v) is 2.61. The quantitative estimate of drug-likeness (QED) is 0.637. The van der Waals surface area contributed by atoms with Gasteiger partial charge < -0.3 is 9.84 Å². The number of rotatable bonds is 3. The van der Waals surface area contributed by atoms with Crippen LogP contribution in [0.5, 0.6) is 0 Å². The predicted molar refractivity (Wildman–Crippen MR) is 36.2 cm³/mol. The molecule has 0 bridgehead atoms. The summed E-state index contributed by atoms with van der Waals surface area (Å²) in [4.78, 5) is 20.7. The molecule has 0 amide bonds. The highest BCUT2D eigenvalue weighted by Gasteiger charge is 2.22. The normalized spacial score (nSPS) is 24.0. The summed E-state index contributed by atoms with van der Waals surface area (Å²) in [6, 6.07) is 0. The van der Waals surface area contributed by atoms with Gasteiger partial charge in [-0.05, 0) is 6.42 Å². The maximum atomic E-state index is 10.7. The first kappa shape index (κ1) is 8.20. The Bertz CT molecular complexity index is 175. The summed E-state index contributed by atoms with van der Waals surface area (Å²) in [5.74, 6) is -0.815. The Morgan fingerprint density at radius 1 is 1.73 bits per heavy atom. The lowest BCUT2D eigenvalue weighted by Crippen LogP contribution is -2.15. The summed E-state index contributed by atoms with van der Waals surface area (Å²) >= 11 is 0. The van der Waals surface area contributed by atoms with E-state index in [0.29, 0.717) is 19.3 Å². The molecule has 1 saturated carbocycles. The number of Topliss-reactive ketones (excluding diaryl/α,β-unsaturated/α-hetero) is 1. The van der Waals surface area contributed by atoms with Crippen LogP contribution < -0.4 is 0 Å². The van der Waals surface area contributed by atoms with Crippen molar-refractivity contribution in [1.82, 2.24) is 0 Å². The number of hydrogen-bond donors (Lipinski definition) is 1. The lowest BCUT2D eigenvalue weighted by molar-refractivity contribution is -0.144. The Hall–Kier alpha value is -0.900. The number of carboxylic acid groups (broad SMARTS) is 1. The Labute approximate surface area is 64.2 Å². The van der Waals surface area contributed by atoms with E-state index in [-0.39, 0.29) is 18.5 Å². The summed E-state index contributed by atoms with van der Waals surface area (Å²) in [6.07, 6.45) is 1.43. The van der Waals surface area contributed by atoms with Crippen LogP contribution in [0.25, 0.3) is 0 Å². The molecule has 1 aliphatic carbocycles. The molecule has 1 unspecified atom stereocenters. The summed E-state index contributed by atoms with van der Waals surface area (Å²) in [6.45, 7) is -0.294. The Morgan fingerprint density at radius 2 is 2.45 bits per heavy atom. The first-order valence-corrected chi connectivity index (χ1v) is 3.53. The van der Waals surface area contributed by atoms with Gasteiger partial charge in [-0.15, -0.1) is 0 Å². The third kappa shape index (κ3) is 2.67. The molecule has 1 atom stereocenters. The first-order valence-electron chi connectivity index (χ1n) is 3.53. The van der Waals surface area contributed by atoms with Crippen LogP contribution in [-0.2, 0) is 14.3 Å². The van der Waals surface area contributed by atoms with Crippen molar-refractivity contribution in [3.05, 3.63) is 0 Å². The summed E-state index contributed by atoms with van der Waals surface area (Å²) < 4.78 is 4.91. The van der Waals surface area contributed by atoms with Gasteiger partial charge in [0.15, 0.2) is 0 Å². The fourth-order valence-corrected chi connectivity index (χ4v) is 1.11. The number of aliphatic carboxylic acids is 1. The van der Waals surface area contributed by atoms with Crippen molar-refractivity contribution < 1.29 is 19.4 Å². The van der Waals surface area contributed by atoms with Crippen molar-refractivity contribution in [2.24, 2.45) is 0 Å². The molecule has 0 aromatic rings. The first-order chi connectivity index (χ1) is 5.18. The molecule has 0 aliphatic heterocycles. The highest BCUT2D eigenvalue weighted by Crippen LogP contribution is 2.17. The molecule has 0 heterocycles. The highest BCUT2D eigenvalue weighted by atomic mass is 16.5. The van der Waals surface area contributed by atoms with E-state index in [2.05, 4.69) is 0 Å². The van der Waals surface area contributed by atoms with E-state index >= 15 is 0 Å². The zero-order chi connectivity index (χ0) is 8.27. The summed E-state index contributed by atoms with van der Waals surface area (Å²) in [5, 5.41) is 8.23. The zero-order valence-corrected chi connectivity index (χ0v) is 6.08. The van der Waals surface area contributed by atoms with Crippen molar-refractivity contribution >= 4 is 11.8 Å². The average Bonchev–Trinajstić information content (AvgIpc) is 2.31. The number of ether oxygens (including phenoxy) is 1. The summed E-state index contributed by atoms with van der Waals surface area (Å²) in [5.41, 5.74) is 0. The number of carbonyl (C=O) groups excluding carboxylic acids is 1. The molecule has 11 heavy (non-hydrogen) atoms. The Morgan fingerprint density at radius 3 is 2.91 bits per heavy atom. The van der Waals surface area contributed by atoms with E-state index in [4.69, 9.17) is 9.84 Å². The molecule has 0 aromatic carbocycles. The molecule has 4 heteroatoms. The van der Waals surface area contributed by atoms with Crippen molar-refractivity contribution in [2.75, 3.05) is 6.61 Å². The fourth-order valence-electron chi connectivity index (χ4n) is 1.11. The maximum absolute atomic E-state index is 10.7. The van der Waals surface area contributed by atoms with E-state index in [1.165, 1.54) is 0 Å². The smallest absolute Gasteiger partial charge is 0.329 e. The van der Waals surface area contributed by atoms with Crippen LogP contribution in [0.3, 0.4) is 0 Å². The molecule has 0 spiro atoms. The third-order valence-electron chi connectivity index (χ3n) is 1.64. The van der Waals surface area contributed by atoms with Crippen LogP contribution in [-0.4, -0.2) is 29.6 Å². The highest BCUT2D eigenvalue weighted by molar-refractivity contribution is 5.81. The molecule has 0 saturated heterocycles. The predicted octanol–water partition coefficient (Wildman–Crippen LogP) is 0.209. The lowest BCUT2D eigenvalue weighted by Gasteiger charge is -2.06. The van der Waals surface area contributed by atoms with Gasteiger partial charge in [-0.3, -0.25) is 4.79 Å². The minimum atomic E-state index is -0.982. The summed E-state index contributed by atoms with van der Waals surface area (Å²) in [7, 11) is 0. The maximum Gasteiger partial charge on any atom is 0.329 e. The van der Waals surface area contributed by atoms with Gasteiger partial charge in [0, 0.05) is 12.8 Å². The largest absolute Gasteiger partial charge is 0.480 e. The minimum absolute atomic E-state index is 0.154. The van der Waals surface area contributed by atoms with E-state index in [1.54, 1.807) is 0 Å². The zero-order valence-electron chi connectivity index (χ0n) is 6.08. The van der Waals surface area contributed by atoms with E-state index < -0.39 is 5.97 Å². The van der Waals surface area contributed by atoms with Crippen LogP contribution in [0.15, 0.2) is 0 Å². The monoisotopic (exact) mass is 158 g/mol. The van der Waals surface area contributed by atoms with Gasteiger partial charge in [0.05, 0.1) is 6.10 Å². The third-order valence-corrected chi connectivity index (χ3v) is 1.64. The van der Waals surface area contributed by atoms with Crippen LogP contribution in [0.1, 0.15) is 19.3 Å². The minimum Gasteiger partial charge on any atom is -0.480 e. The van der Waals surface area contributed by atoms with Crippen LogP contribution in [0, 0.1) is 0 Å². The molecular formula is C7H10O4. The molecule has 1 N–H and O–H groups in total. The molecule has 4 nitrogen and oxygen atoms in total. The van der Waals surface area contributed by atoms with Gasteiger partial charge in [0.25, 0.3) is 0 Å². The van der Waals surface area contributed by atoms with Crippen molar-refractivity contribution in [3.63, 3.8) is 0 Å². The SMILES string of the molecule is O=C(O)COC1CCC(=O)C1. The number of ketones is 1. The van der Waals surface area contributed by atoms with Gasteiger partial charge in [-0.2, -0.15) is 0 Å². The number of hydrogen-bond acceptors (Lipinski definition) is 3. The second-order valence-electron chi connectivity index (χ2n) is 2.61. The molecule has 1 aliphatic rings. The molecule has 1 rings (SSSR count). The molecule has 1 fully saturated rings. The van der Waals surface area contributed by atoms with Crippen LogP contribution in [0.4, 0.5) is 0 Å². The second kappa shape index (κ2) is 3.48. The van der Waals surface area contributed by atoms with Crippen LogP contribution in [0.2, 0.25) is 0 Å². The van der Waals surface area contributed by atoms with Gasteiger partial charge in [-0.25, -0.2) is 4.79 Å². The lowest BCUT2D eigenvalue weighted by atomic mass is 10.3. The van der Waals surface area contributed by atoms with Crippen molar-refractivity contribution in [2.45, 2.75) is 25.4 Å². The fraction of sp³-hybridized carbons (Fsp3) is 0.714. The topological polar surface area (TPSA) is 63.6 Å². The standard InChI is InChI=1S/C7H10O4/c8-5-1-2-6(3-5)11-4-7(9)10/h6H,1-4H2,(H,9,10). The van der Waals surface area contributed by atoms with Gasteiger partial charge in [0.2, 0.25) is 0 Å². The van der Waals surface area contributed by atoms with E-state index in [0.717, 1.165) is 0 Å². The van der Waals surface area contributed by atoms with E-state index in [1.807, 2.05) is 0 Å². The van der Waals surface area contributed by atoms with Gasteiger partial charge >= 0.3 is 5.97 Å². The van der Waals surface area contributed by atoms with Gasteiger partial charge in [0.1, 0.15) is 12.4 Å². The molecule has 0 aromatic heterocycles. The molecule has 0 radical (unpaired) electrons. The van der Waals surface area contributed by atoms with Crippen molar-refractivity contribution in [1.29, 1.82) is 0 Å². The number of carbonyl (C=O) groups is 2. The van der Waals surface area contributed by atoms with E-state index in [9.17, 15) is 9.59 Å². The molecule has 62 valence electrons. The van der Waals surface area contributed by atoms with Crippen LogP contribution >= 0.6 is 0 Å². The Balaban J connectivity index is 2.18.